The van der Waals surface area contributed by atoms with Gasteiger partial charge in [-0.15, -0.1) is 23.4 Å². The number of rotatable bonds is 0. The second kappa shape index (κ2) is 2.81. The topological polar surface area (TPSA) is 0 Å². The Bertz CT molecular complexity index is 139. The van der Waals surface area contributed by atoms with Crippen molar-refractivity contribution in [3.8, 4) is 0 Å². The third-order valence-electron chi connectivity index (χ3n) is 0.749. The first-order chi connectivity index (χ1) is 3.80. The Kier molecular flexibility index (Phi) is 2.29. The quantitative estimate of drug-likeness (QED) is 0.500. The second-order valence-corrected chi connectivity index (χ2v) is 3.48. The van der Waals surface area contributed by atoms with Crippen molar-refractivity contribution in [2.45, 2.75) is 4.71 Å². The summed E-state index contributed by atoms with van der Waals surface area (Å²) >= 11 is 12.8. The van der Waals surface area contributed by atoms with E-state index in [0.717, 1.165) is 0 Å². The molecular formula is C5H4Cl2S. The van der Waals surface area contributed by atoms with Gasteiger partial charge in [0, 0.05) is 5.03 Å². The van der Waals surface area contributed by atoms with Crippen LogP contribution < -0.4 is 0 Å². The van der Waals surface area contributed by atoms with Crippen molar-refractivity contribution >= 4 is 35.0 Å². The SMILES string of the molecule is ClC1=CC=CSC1Cl. The highest BCUT2D eigenvalue weighted by Crippen LogP contribution is 2.29. The van der Waals surface area contributed by atoms with E-state index in [0.29, 0.717) is 5.03 Å². The molecule has 3 heteroatoms. The normalized spacial score (nSPS) is 27.8. The predicted octanol–water partition coefficient (Wildman–Crippen LogP) is 2.93. The van der Waals surface area contributed by atoms with Crippen LogP contribution in [-0.4, -0.2) is 4.71 Å². The molecule has 1 aliphatic rings. The Morgan fingerprint density at radius 1 is 1.62 bits per heavy atom. The zero-order chi connectivity index (χ0) is 5.98. The standard InChI is InChI=1S/C5H4Cl2S/c6-4-2-1-3-8-5(4)7/h1-3,5H. The molecule has 0 saturated heterocycles. The van der Waals surface area contributed by atoms with Crippen molar-refractivity contribution in [3.63, 3.8) is 0 Å². The summed E-state index contributed by atoms with van der Waals surface area (Å²) in [5.74, 6) is 0. The largest absolute Gasteiger partial charge is 0.118 e. The fourth-order valence-corrected chi connectivity index (χ4v) is 1.38. The van der Waals surface area contributed by atoms with Crippen LogP contribution in [0.4, 0.5) is 0 Å². The van der Waals surface area contributed by atoms with Gasteiger partial charge < -0.3 is 0 Å². The van der Waals surface area contributed by atoms with Gasteiger partial charge in [0.05, 0.1) is 0 Å². The first-order valence-corrected chi connectivity index (χ1v) is 3.88. The van der Waals surface area contributed by atoms with Gasteiger partial charge in [-0.2, -0.15) is 0 Å². The summed E-state index contributed by atoms with van der Waals surface area (Å²) < 4.78 is -0.0679. The average molecular weight is 167 g/mol. The Hall–Kier alpha value is 0.410. The smallest absolute Gasteiger partial charge is 0.109 e. The maximum atomic E-state index is 5.68. The Balaban J connectivity index is 2.66. The molecule has 0 aromatic carbocycles. The van der Waals surface area contributed by atoms with Gasteiger partial charge in [-0.1, -0.05) is 17.7 Å². The van der Waals surface area contributed by atoms with Crippen molar-refractivity contribution in [1.29, 1.82) is 0 Å². The summed E-state index contributed by atoms with van der Waals surface area (Å²) in [6.45, 7) is 0. The lowest BCUT2D eigenvalue weighted by Crippen LogP contribution is -1.91. The summed E-state index contributed by atoms with van der Waals surface area (Å²) in [7, 11) is 0. The molecule has 0 radical (unpaired) electrons. The van der Waals surface area contributed by atoms with Crippen molar-refractivity contribution < 1.29 is 0 Å². The van der Waals surface area contributed by atoms with E-state index in [9.17, 15) is 0 Å². The van der Waals surface area contributed by atoms with E-state index < -0.39 is 0 Å². The Morgan fingerprint density at radius 3 is 2.75 bits per heavy atom. The van der Waals surface area contributed by atoms with E-state index in [1.807, 2.05) is 11.5 Å². The van der Waals surface area contributed by atoms with Crippen LogP contribution in [0.5, 0.6) is 0 Å². The summed E-state index contributed by atoms with van der Waals surface area (Å²) in [5, 5.41) is 2.63. The zero-order valence-electron chi connectivity index (χ0n) is 3.97. The molecule has 8 heavy (non-hydrogen) atoms. The molecule has 1 atom stereocenters. The van der Waals surface area contributed by atoms with Crippen LogP contribution in [0.15, 0.2) is 22.6 Å². The number of thioether (sulfide) groups is 1. The molecule has 0 saturated carbocycles. The van der Waals surface area contributed by atoms with Crippen LogP contribution >= 0.6 is 35.0 Å². The summed E-state index contributed by atoms with van der Waals surface area (Å²) in [6, 6.07) is 0. The van der Waals surface area contributed by atoms with Crippen molar-refractivity contribution in [2.75, 3.05) is 0 Å². The van der Waals surface area contributed by atoms with Crippen LogP contribution in [0.1, 0.15) is 0 Å². The molecule has 1 heterocycles. The lowest BCUT2D eigenvalue weighted by molar-refractivity contribution is 1.55. The van der Waals surface area contributed by atoms with Gasteiger partial charge in [0.15, 0.2) is 0 Å². The molecule has 1 unspecified atom stereocenters. The molecule has 0 bridgehead atoms. The summed E-state index contributed by atoms with van der Waals surface area (Å²) in [5.41, 5.74) is 0. The number of alkyl halides is 1. The number of hydrogen-bond acceptors (Lipinski definition) is 1. The van der Waals surface area contributed by atoms with Crippen LogP contribution in [0.3, 0.4) is 0 Å². The monoisotopic (exact) mass is 166 g/mol. The zero-order valence-corrected chi connectivity index (χ0v) is 6.30. The lowest BCUT2D eigenvalue weighted by atomic mass is 10.5. The third kappa shape index (κ3) is 1.44. The average Bonchev–Trinajstić information content (AvgIpc) is 1.77. The molecule has 0 nitrogen and oxygen atoms in total. The molecule has 0 fully saturated rings. The van der Waals surface area contributed by atoms with Gasteiger partial charge in [-0.25, -0.2) is 0 Å². The molecule has 0 spiro atoms. The summed E-state index contributed by atoms with van der Waals surface area (Å²) in [4.78, 5) is 0. The van der Waals surface area contributed by atoms with E-state index in [4.69, 9.17) is 23.2 Å². The van der Waals surface area contributed by atoms with E-state index >= 15 is 0 Å². The highest BCUT2D eigenvalue weighted by molar-refractivity contribution is 8.04. The molecule has 0 aromatic heterocycles. The molecule has 1 rings (SSSR count). The minimum absolute atomic E-state index is 0.0679. The predicted molar refractivity (Wildman–Crippen MR) is 40.3 cm³/mol. The molecule has 0 N–H and O–H groups in total. The maximum absolute atomic E-state index is 5.68. The number of hydrogen-bond donors (Lipinski definition) is 0. The van der Waals surface area contributed by atoms with Gasteiger partial charge in [0.1, 0.15) is 4.71 Å². The van der Waals surface area contributed by atoms with Crippen LogP contribution in [0.2, 0.25) is 0 Å². The minimum Gasteiger partial charge on any atom is -0.109 e. The highest BCUT2D eigenvalue weighted by atomic mass is 35.5. The molecular weight excluding hydrogens is 163 g/mol. The lowest BCUT2D eigenvalue weighted by Gasteiger charge is -2.05. The van der Waals surface area contributed by atoms with Crippen LogP contribution in [0, 0.1) is 0 Å². The first kappa shape index (κ1) is 6.53. The minimum atomic E-state index is -0.0679. The fraction of sp³-hybridized carbons (Fsp3) is 0.200. The van der Waals surface area contributed by atoms with E-state index in [2.05, 4.69) is 0 Å². The highest BCUT2D eigenvalue weighted by Gasteiger charge is 2.08. The van der Waals surface area contributed by atoms with Gasteiger partial charge in [-0.05, 0) is 11.5 Å². The molecule has 0 aliphatic carbocycles. The third-order valence-corrected chi connectivity index (χ3v) is 2.69. The van der Waals surface area contributed by atoms with E-state index in [1.54, 1.807) is 6.08 Å². The number of allylic oxidation sites excluding steroid dienone is 2. The Morgan fingerprint density at radius 2 is 2.38 bits per heavy atom. The van der Waals surface area contributed by atoms with E-state index in [-0.39, 0.29) is 4.71 Å². The second-order valence-electron chi connectivity index (χ2n) is 1.33. The summed E-state index contributed by atoms with van der Waals surface area (Å²) in [6.07, 6.45) is 3.68. The maximum Gasteiger partial charge on any atom is 0.118 e. The van der Waals surface area contributed by atoms with E-state index in [1.165, 1.54) is 11.8 Å². The van der Waals surface area contributed by atoms with Crippen molar-refractivity contribution in [2.24, 2.45) is 0 Å². The van der Waals surface area contributed by atoms with Gasteiger partial charge in [0.2, 0.25) is 0 Å². The molecule has 0 amide bonds. The van der Waals surface area contributed by atoms with Gasteiger partial charge in [-0.3, -0.25) is 0 Å². The van der Waals surface area contributed by atoms with Crippen molar-refractivity contribution in [1.82, 2.24) is 0 Å². The molecule has 44 valence electrons. The van der Waals surface area contributed by atoms with Gasteiger partial charge in [0.25, 0.3) is 0 Å². The van der Waals surface area contributed by atoms with Crippen LogP contribution in [0.25, 0.3) is 0 Å². The van der Waals surface area contributed by atoms with Crippen molar-refractivity contribution in [3.05, 3.63) is 22.6 Å². The first-order valence-electron chi connectivity index (χ1n) is 2.12. The van der Waals surface area contributed by atoms with Crippen LogP contribution in [-0.2, 0) is 0 Å². The molecule has 1 aliphatic heterocycles. The fourth-order valence-electron chi connectivity index (χ4n) is 0.386. The number of halogens is 2. The Labute approximate surface area is 62.5 Å². The molecule has 0 aromatic rings. The van der Waals surface area contributed by atoms with Gasteiger partial charge >= 0.3 is 0 Å².